The third kappa shape index (κ3) is 4.57. The molecule has 0 aliphatic carbocycles. The van der Waals surface area contributed by atoms with Crippen LogP contribution in [0, 0.1) is 6.92 Å². The molecular weight excluding hydrogens is 314 g/mol. The molecule has 0 aromatic heterocycles. The number of ether oxygens (including phenoxy) is 1. The molecule has 5 heteroatoms. The Balaban J connectivity index is 2.15. The molecule has 0 bridgehead atoms. The van der Waals surface area contributed by atoms with E-state index in [2.05, 4.69) is 5.32 Å². The zero-order valence-corrected chi connectivity index (χ0v) is 13.8. The van der Waals surface area contributed by atoms with Crippen molar-refractivity contribution in [2.24, 2.45) is 0 Å². The molecule has 1 amide bonds. The number of esters is 1. The lowest BCUT2D eigenvalue weighted by Crippen LogP contribution is -2.43. The summed E-state index contributed by atoms with van der Waals surface area (Å²) in [6.07, 6.45) is 0.350. The molecule has 0 spiro atoms. The highest BCUT2D eigenvalue weighted by atomic mass is 35.5. The molecule has 0 unspecified atom stereocenters. The van der Waals surface area contributed by atoms with Gasteiger partial charge in [0.2, 0.25) is 0 Å². The second kappa shape index (κ2) is 7.79. The monoisotopic (exact) mass is 331 g/mol. The first kappa shape index (κ1) is 17.0. The van der Waals surface area contributed by atoms with Gasteiger partial charge in [0.1, 0.15) is 6.04 Å². The number of benzene rings is 2. The Morgan fingerprint density at radius 3 is 2.39 bits per heavy atom. The van der Waals surface area contributed by atoms with Crippen molar-refractivity contribution in [1.29, 1.82) is 0 Å². The highest BCUT2D eigenvalue weighted by Gasteiger charge is 2.23. The zero-order valence-electron chi connectivity index (χ0n) is 13.0. The van der Waals surface area contributed by atoms with Crippen LogP contribution in [0.4, 0.5) is 0 Å². The molecule has 1 N–H and O–H groups in total. The van der Waals surface area contributed by atoms with Crippen LogP contribution in [0.5, 0.6) is 0 Å². The summed E-state index contributed by atoms with van der Waals surface area (Å²) in [5, 5.41) is 3.03. The van der Waals surface area contributed by atoms with Gasteiger partial charge in [0.25, 0.3) is 5.91 Å². The standard InChI is InChI=1S/C18H18ClNO3/c1-12-7-9-13(10-8-12)11-16(18(22)23-2)20-17(21)14-5-3-4-6-15(14)19/h3-10,16H,11H2,1-2H3,(H,20,21)/t16-/m0/s1. The molecule has 0 heterocycles. The Morgan fingerprint density at radius 1 is 1.13 bits per heavy atom. The summed E-state index contributed by atoms with van der Waals surface area (Å²) in [4.78, 5) is 24.3. The highest BCUT2D eigenvalue weighted by molar-refractivity contribution is 6.33. The predicted molar refractivity (Wildman–Crippen MR) is 89.6 cm³/mol. The molecular formula is C18H18ClNO3. The van der Waals surface area contributed by atoms with Crippen LogP contribution in [-0.2, 0) is 16.0 Å². The smallest absolute Gasteiger partial charge is 0.328 e. The summed E-state index contributed by atoms with van der Waals surface area (Å²) in [6.45, 7) is 1.99. The molecule has 120 valence electrons. The van der Waals surface area contributed by atoms with Crippen molar-refractivity contribution in [2.45, 2.75) is 19.4 Å². The number of halogens is 1. The molecule has 0 radical (unpaired) electrons. The number of hydrogen-bond acceptors (Lipinski definition) is 3. The minimum Gasteiger partial charge on any atom is -0.467 e. The van der Waals surface area contributed by atoms with Gasteiger partial charge in [-0.05, 0) is 24.6 Å². The predicted octanol–water partition coefficient (Wildman–Crippen LogP) is 3.16. The second-order valence-electron chi connectivity index (χ2n) is 5.22. The molecule has 0 saturated carbocycles. The quantitative estimate of drug-likeness (QED) is 0.856. The SMILES string of the molecule is COC(=O)[C@H](Cc1ccc(C)cc1)NC(=O)c1ccccc1Cl. The van der Waals surface area contributed by atoms with Crippen LogP contribution in [-0.4, -0.2) is 25.0 Å². The average Bonchev–Trinajstić information content (AvgIpc) is 2.55. The van der Waals surface area contributed by atoms with Gasteiger partial charge in [-0.15, -0.1) is 0 Å². The molecule has 2 aromatic carbocycles. The maximum Gasteiger partial charge on any atom is 0.328 e. The van der Waals surface area contributed by atoms with E-state index in [1.807, 2.05) is 31.2 Å². The van der Waals surface area contributed by atoms with Crippen LogP contribution < -0.4 is 5.32 Å². The van der Waals surface area contributed by atoms with Crippen LogP contribution in [0.2, 0.25) is 5.02 Å². The second-order valence-corrected chi connectivity index (χ2v) is 5.63. The zero-order chi connectivity index (χ0) is 16.8. The Hall–Kier alpha value is -2.33. The average molecular weight is 332 g/mol. The van der Waals surface area contributed by atoms with Crippen LogP contribution in [0.3, 0.4) is 0 Å². The van der Waals surface area contributed by atoms with Crippen LogP contribution in [0.1, 0.15) is 21.5 Å². The van der Waals surface area contributed by atoms with Crippen LogP contribution in [0.25, 0.3) is 0 Å². The van der Waals surface area contributed by atoms with Crippen molar-refractivity contribution in [1.82, 2.24) is 5.32 Å². The minimum absolute atomic E-state index is 0.326. The van der Waals surface area contributed by atoms with Gasteiger partial charge in [-0.2, -0.15) is 0 Å². The largest absolute Gasteiger partial charge is 0.467 e. The van der Waals surface area contributed by atoms with E-state index in [0.717, 1.165) is 11.1 Å². The number of carbonyl (C=O) groups is 2. The van der Waals surface area contributed by atoms with Gasteiger partial charge in [0.15, 0.2) is 0 Å². The third-order valence-electron chi connectivity index (χ3n) is 3.47. The summed E-state index contributed by atoms with van der Waals surface area (Å²) in [5.74, 6) is -0.899. The number of methoxy groups -OCH3 is 1. The maximum absolute atomic E-state index is 12.3. The maximum atomic E-state index is 12.3. The van der Waals surface area contributed by atoms with Gasteiger partial charge < -0.3 is 10.1 Å². The van der Waals surface area contributed by atoms with Crippen molar-refractivity contribution in [3.8, 4) is 0 Å². The van der Waals surface area contributed by atoms with E-state index in [9.17, 15) is 9.59 Å². The fourth-order valence-corrected chi connectivity index (χ4v) is 2.40. The summed E-state index contributed by atoms with van der Waals surface area (Å²) < 4.78 is 4.79. The van der Waals surface area contributed by atoms with Gasteiger partial charge in [0.05, 0.1) is 17.7 Å². The molecule has 0 aliphatic rings. The molecule has 2 aromatic rings. The molecule has 4 nitrogen and oxygen atoms in total. The van der Waals surface area contributed by atoms with E-state index < -0.39 is 17.9 Å². The lowest BCUT2D eigenvalue weighted by molar-refractivity contribution is -0.142. The Bertz CT molecular complexity index is 698. The molecule has 0 saturated heterocycles. The van der Waals surface area contributed by atoms with Crippen LogP contribution >= 0.6 is 11.6 Å². The third-order valence-corrected chi connectivity index (χ3v) is 3.80. The number of aryl methyl sites for hydroxylation is 1. The Kier molecular flexibility index (Phi) is 5.77. The Labute approximate surface area is 140 Å². The first-order valence-corrected chi connectivity index (χ1v) is 7.58. The number of hydrogen-bond donors (Lipinski definition) is 1. The van der Waals surface area contributed by atoms with E-state index >= 15 is 0 Å². The first-order chi connectivity index (χ1) is 11.0. The van der Waals surface area contributed by atoms with Crippen LogP contribution in [0.15, 0.2) is 48.5 Å². The highest BCUT2D eigenvalue weighted by Crippen LogP contribution is 2.15. The summed E-state index contributed by atoms with van der Waals surface area (Å²) in [6, 6.07) is 13.7. The fourth-order valence-electron chi connectivity index (χ4n) is 2.18. The van der Waals surface area contributed by atoms with E-state index in [-0.39, 0.29) is 0 Å². The number of rotatable bonds is 5. The fraction of sp³-hybridized carbons (Fsp3) is 0.222. The van der Waals surface area contributed by atoms with Gasteiger partial charge in [-0.1, -0.05) is 53.6 Å². The van der Waals surface area contributed by atoms with Crippen molar-refractivity contribution in [3.63, 3.8) is 0 Å². The lowest BCUT2D eigenvalue weighted by Gasteiger charge is -2.17. The molecule has 0 aliphatic heterocycles. The van der Waals surface area contributed by atoms with E-state index in [4.69, 9.17) is 16.3 Å². The van der Waals surface area contributed by atoms with E-state index in [1.165, 1.54) is 7.11 Å². The molecule has 1 atom stereocenters. The summed E-state index contributed by atoms with van der Waals surface area (Å²) >= 11 is 6.02. The van der Waals surface area contributed by atoms with Gasteiger partial charge in [0, 0.05) is 6.42 Å². The summed E-state index contributed by atoms with van der Waals surface area (Å²) in [5.41, 5.74) is 2.39. The van der Waals surface area contributed by atoms with Crippen molar-refractivity contribution in [2.75, 3.05) is 7.11 Å². The Morgan fingerprint density at radius 2 is 1.78 bits per heavy atom. The van der Waals surface area contributed by atoms with Crippen molar-refractivity contribution < 1.29 is 14.3 Å². The number of amides is 1. The topological polar surface area (TPSA) is 55.4 Å². The first-order valence-electron chi connectivity index (χ1n) is 7.20. The van der Waals surface area contributed by atoms with Gasteiger partial charge in [-0.25, -0.2) is 4.79 Å². The van der Waals surface area contributed by atoms with Gasteiger partial charge >= 0.3 is 5.97 Å². The number of carbonyl (C=O) groups excluding carboxylic acids is 2. The van der Waals surface area contributed by atoms with E-state index in [1.54, 1.807) is 24.3 Å². The minimum atomic E-state index is -0.772. The van der Waals surface area contributed by atoms with E-state index in [0.29, 0.717) is 17.0 Å². The lowest BCUT2D eigenvalue weighted by atomic mass is 10.0. The molecule has 0 fully saturated rings. The normalized spacial score (nSPS) is 11.6. The van der Waals surface area contributed by atoms with Crippen molar-refractivity contribution >= 4 is 23.5 Å². The van der Waals surface area contributed by atoms with Gasteiger partial charge in [-0.3, -0.25) is 4.79 Å². The number of nitrogens with one attached hydrogen (secondary N) is 1. The van der Waals surface area contributed by atoms with Crippen molar-refractivity contribution in [3.05, 3.63) is 70.2 Å². The molecule has 2 rings (SSSR count). The summed E-state index contributed by atoms with van der Waals surface area (Å²) in [7, 11) is 1.30. The molecule has 23 heavy (non-hydrogen) atoms.